The molecule has 0 aliphatic carbocycles. The third kappa shape index (κ3) is 3.32. The van der Waals surface area contributed by atoms with Gasteiger partial charge >= 0.3 is 0 Å². The van der Waals surface area contributed by atoms with Gasteiger partial charge in [0, 0.05) is 22.1 Å². The summed E-state index contributed by atoms with van der Waals surface area (Å²) in [5.41, 5.74) is 9.48. The molecule has 0 unspecified atom stereocenters. The Bertz CT molecular complexity index is 1710. The predicted molar refractivity (Wildman–Crippen MR) is 147 cm³/mol. The van der Waals surface area contributed by atoms with Gasteiger partial charge in [0.25, 0.3) is 0 Å². The Morgan fingerprint density at radius 2 is 1.29 bits per heavy atom. The van der Waals surface area contributed by atoms with Crippen molar-refractivity contribution in [2.45, 2.75) is 6.54 Å². The molecule has 7 rings (SSSR count). The van der Waals surface area contributed by atoms with Crippen LogP contribution in [0, 0.1) is 0 Å². The van der Waals surface area contributed by atoms with Gasteiger partial charge in [-0.15, -0.1) is 0 Å². The smallest absolute Gasteiger partial charge is 0.0960 e. The minimum Gasteiger partial charge on any atom is -0.328 e. The normalized spacial score (nSPS) is 12.9. The lowest BCUT2D eigenvalue weighted by atomic mass is 10.0. The van der Waals surface area contributed by atoms with Crippen LogP contribution < -0.4 is 4.90 Å². The number of aromatic nitrogens is 1. The van der Waals surface area contributed by atoms with E-state index in [0.717, 1.165) is 17.9 Å². The first-order valence-electron chi connectivity index (χ1n) is 11.9. The second-order valence-electron chi connectivity index (χ2n) is 8.97. The molecule has 0 atom stereocenters. The van der Waals surface area contributed by atoms with Crippen molar-refractivity contribution in [3.8, 4) is 16.8 Å². The van der Waals surface area contributed by atoms with Crippen LogP contribution in [0.15, 0.2) is 126 Å². The van der Waals surface area contributed by atoms with Crippen LogP contribution in [0.5, 0.6) is 0 Å². The molecule has 0 N–H and O–H groups in total. The number of aliphatic imine (C=N–C) groups is 1. The molecule has 0 fully saturated rings. The molecule has 0 radical (unpaired) electrons. The van der Waals surface area contributed by atoms with Crippen molar-refractivity contribution in [2.75, 3.05) is 4.90 Å². The molecule has 6 aromatic rings. The number of fused-ring (bicyclic) bond motifs is 4. The number of para-hydroxylation sites is 2. The molecule has 5 aromatic carbocycles. The molecule has 0 amide bonds. The molecule has 1 aliphatic heterocycles. The summed E-state index contributed by atoms with van der Waals surface area (Å²) in [4.78, 5) is 7.02. The molecular weight excluding hydrogens is 426 g/mol. The summed E-state index contributed by atoms with van der Waals surface area (Å²) in [6.45, 7) is 0.794. The zero-order valence-corrected chi connectivity index (χ0v) is 19.2. The highest BCUT2D eigenvalue weighted by Crippen LogP contribution is 2.36. The van der Waals surface area contributed by atoms with Crippen molar-refractivity contribution in [1.82, 2.24) is 4.57 Å². The Kier molecular flexibility index (Phi) is 4.52. The van der Waals surface area contributed by atoms with Gasteiger partial charge < -0.3 is 9.47 Å². The van der Waals surface area contributed by atoms with Gasteiger partial charge in [-0.2, -0.15) is 0 Å². The highest BCUT2D eigenvalue weighted by atomic mass is 15.2. The van der Waals surface area contributed by atoms with E-state index in [4.69, 9.17) is 4.99 Å². The average molecular weight is 450 g/mol. The van der Waals surface area contributed by atoms with Crippen LogP contribution in [0.2, 0.25) is 0 Å². The number of hydrogen-bond acceptors (Lipinski definition) is 2. The Hall–Kier alpha value is -4.63. The van der Waals surface area contributed by atoms with Crippen molar-refractivity contribution in [3.63, 3.8) is 0 Å². The van der Waals surface area contributed by atoms with E-state index in [-0.39, 0.29) is 0 Å². The van der Waals surface area contributed by atoms with Gasteiger partial charge in [0.2, 0.25) is 0 Å². The first-order chi connectivity index (χ1) is 17.3. The molecule has 0 spiro atoms. The number of hydrogen-bond donors (Lipinski definition) is 0. The molecule has 2 heterocycles. The molecule has 0 saturated carbocycles. The van der Waals surface area contributed by atoms with E-state index in [1.165, 1.54) is 44.2 Å². The van der Waals surface area contributed by atoms with Crippen molar-refractivity contribution in [1.29, 1.82) is 0 Å². The molecule has 0 bridgehead atoms. The van der Waals surface area contributed by atoms with Gasteiger partial charge in [-0.05, 0) is 65.2 Å². The van der Waals surface area contributed by atoms with Crippen LogP contribution in [0.3, 0.4) is 0 Å². The lowest BCUT2D eigenvalue weighted by Crippen LogP contribution is -2.23. The predicted octanol–water partition coefficient (Wildman–Crippen LogP) is 8.13. The molecular formula is C32H23N3. The first-order valence-corrected chi connectivity index (χ1v) is 11.9. The first kappa shape index (κ1) is 19.8. The number of rotatable bonds is 3. The second-order valence-corrected chi connectivity index (χ2v) is 8.97. The zero-order chi connectivity index (χ0) is 23.2. The summed E-state index contributed by atoms with van der Waals surface area (Å²) >= 11 is 0. The molecule has 166 valence electrons. The van der Waals surface area contributed by atoms with Crippen molar-refractivity contribution in [2.24, 2.45) is 4.99 Å². The van der Waals surface area contributed by atoms with Crippen molar-refractivity contribution < 1.29 is 0 Å². The van der Waals surface area contributed by atoms with E-state index in [0.29, 0.717) is 0 Å². The van der Waals surface area contributed by atoms with Crippen LogP contribution in [0.4, 0.5) is 11.4 Å². The lowest BCUT2D eigenvalue weighted by Gasteiger charge is -2.25. The Morgan fingerprint density at radius 3 is 2.14 bits per heavy atom. The third-order valence-electron chi connectivity index (χ3n) is 6.87. The number of nitrogens with zero attached hydrogens (tertiary/aromatic N) is 3. The standard InChI is InChI=1S/C32H23N3/c1-3-9-23(10-4-1)24-15-17-30-25(19-24)21-34(22-33-30)27-16-18-32-29(20-27)28-13-7-8-14-31(28)35(32)26-11-5-2-6-12-26/h1-20,22H,21H2. The summed E-state index contributed by atoms with van der Waals surface area (Å²) < 4.78 is 2.35. The second kappa shape index (κ2) is 8.00. The molecule has 3 nitrogen and oxygen atoms in total. The molecule has 35 heavy (non-hydrogen) atoms. The maximum atomic E-state index is 4.78. The summed E-state index contributed by atoms with van der Waals surface area (Å²) in [5.74, 6) is 0. The fourth-order valence-corrected chi connectivity index (χ4v) is 5.16. The van der Waals surface area contributed by atoms with Gasteiger partial charge in [0.05, 0.1) is 29.6 Å². The fourth-order valence-electron chi connectivity index (χ4n) is 5.16. The Labute approximate surface area is 204 Å². The van der Waals surface area contributed by atoms with Crippen molar-refractivity contribution >= 4 is 39.5 Å². The van der Waals surface area contributed by atoms with Gasteiger partial charge in [0.15, 0.2) is 0 Å². The molecule has 3 heteroatoms. The minimum absolute atomic E-state index is 0.794. The SMILES string of the molecule is C1=Nc2ccc(-c3ccccc3)cc2CN1c1ccc2c(c1)c1ccccc1n2-c1ccccc1. The van der Waals surface area contributed by atoms with E-state index >= 15 is 0 Å². The van der Waals surface area contributed by atoms with E-state index in [2.05, 4.69) is 131 Å². The summed E-state index contributed by atoms with van der Waals surface area (Å²) in [6, 6.07) is 43.1. The van der Waals surface area contributed by atoms with Crippen LogP contribution >= 0.6 is 0 Å². The summed E-state index contributed by atoms with van der Waals surface area (Å²) in [6.07, 6.45) is 1.96. The zero-order valence-electron chi connectivity index (χ0n) is 19.2. The van der Waals surface area contributed by atoms with Gasteiger partial charge in [-0.1, -0.05) is 72.8 Å². The van der Waals surface area contributed by atoms with E-state index in [1.54, 1.807) is 0 Å². The highest BCUT2D eigenvalue weighted by molar-refractivity contribution is 6.10. The van der Waals surface area contributed by atoms with Gasteiger partial charge in [-0.3, -0.25) is 0 Å². The molecule has 1 aliphatic rings. The van der Waals surface area contributed by atoms with E-state index in [1.807, 2.05) is 6.34 Å². The fraction of sp³-hybridized carbons (Fsp3) is 0.0312. The van der Waals surface area contributed by atoms with Gasteiger partial charge in [-0.25, -0.2) is 4.99 Å². The van der Waals surface area contributed by atoms with Gasteiger partial charge in [0.1, 0.15) is 0 Å². The van der Waals surface area contributed by atoms with Crippen LogP contribution in [-0.4, -0.2) is 10.9 Å². The summed E-state index contributed by atoms with van der Waals surface area (Å²) in [5, 5.41) is 2.51. The number of benzene rings is 5. The van der Waals surface area contributed by atoms with E-state index in [9.17, 15) is 0 Å². The van der Waals surface area contributed by atoms with Crippen LogP contribution in [-0.2, 0) is 6.54 Å². The Balaban J connectivity index is 1.31. The number of anilines is 1. The highest BCUT2D eigenvalue weighted by Gasteiger charge is 2.17. The van der Waals surface area contributed by atoms with E-state index < -0.39 is 0 Å². The molecule has 0 saturated heterocycles. The third-order valence-corrected chi connectivity index (χ3v) is 6.87. The van der Waals surface area contributed by atoms with Crippen LogP contribution in [0.25, 0.3) is 38.6 Å². The largest absolute Gasteiger partial charge is 0.328 e. The topological polar surface area (TPSA) is 20.5 Å². The van der Waals surface area contributed by atoms with Crippen molar-refractivity contribution in [3.05, 3.63) is 127 Å². The minimum atomic E-state index is 0.794. The maximum Gasteiger partial charge on any atom is 0.0960 e. The van der Waals surface area contributed by atoms with Crippen LogP contribution in [0.1, 0.15) is 5.56 Å². The Morgan fingerprint density at radius 1 is 0.543 bits per heavy atom. The summed E-state index contributed by atoms with van der Waals surface area (Å²) in [7, 11) is 0. The quantitative estimate of drug-likeness (QED) is 0.267. The molecule has 1 aromatic heterocycles. The maximum absolute atomic E-state index is 4.78. The monoisotopic (exact) mass is 449 g/mol. The average Bonchev–Trinajstić information content (AvgIpc) is 3.27. The lowest BCUT2D eigenvalue weighted by molar-refractivity contribution is 0.998.